The van der Waals surface area contributed by atoms with E-state index in [1.807, 2.05) is 30.3 Å². The molecule has 0 radical (unpaired) electrons. The van der Waals surface area contributed by atoms with Gasteiger partial charge in [0.05, 0.1) is 27.3 Å². The third-order valence-electron chi connectivity index (χ3n) is 6.99. The molecule has 1 aliphatic carbocycles. The second-order valence-electron chi connectivity index (χ2n) is 9.88. The molecule has 2 fully saturated rings. The van der Waals surface area contributed by atoms with Crippen molar-refractivity contribution in [3.05, 3.63) is 76.9 Å². The fourth-order valence-corrected chi connectivity index (χ4v) is 4.93. The van der Waals surface area contributed by atoms with Crippen LogP contribution in [0.4, 0.5) is 17.5 Å². The Morgan fingerprint density at radius 3 is 2.74 bits per heavy atom. The van der Waals surface area contributed by atoms with Crippen LogP contribution in [0.25, 0.3) is 11.0 Å². The molecule has 0 atom stereocenters. The molecular formula is C28H29ClN8O2. The number of nitrogens with zero attached hydrogens (tertiary/aromatic N) is 5. The third-order valence-corrected chi connectivity index (χ3v) is 7.31. The Labute approximate surface area is 230 Å². The second-order valence-corrected chi connectivity index (χ2v) is 10.3. The van der Waals surface area contributed by atoms with Gasteiger partial charge in [0.2, 0.25) is 5.95 Å². The summed E-state index contributed by atoms with van der Waals surface area (Å²) in [7, 11) is 0. The molecule has 1 saturated carbocycles. The van der Waals surface area contributed by atoms with E-state index in [2.05, 4.69) is 41.3 Å². The number of aromatic amines is 1. The molecule has 0 spiro atoms. The highest BCUT2D eigenvalue weighted by Gasteiger charge is 2.26. The lowest BCUT2D eigenvalue weighted by atomic mass is 10.2. The number of nitrogens with two attached hydrogens (primary N) is 1. The van der Waals surface area contributed by atoms with Gasteiger partial charge in [-0.1, -0.05) is 28.9 Å². The summed E-state index contributed by atoms with van der Waals surface area (Å²) in [5, 5.41) is 7.79. The smallest absolute Gasteiger partial charge is 0.365 e. The molecule has 0 unspecified atom stereocenters. The first-order valence-corrected chi connectivity index (χ1v) is 13.4. The Morgan fingerprint density at radius 1 is 1.13 bits per heavy atom. The van der Waals surface area contributed by atoms with Gasteiger partial charge < -0.3 is 25.8 Å². The van der Waals surface area contributed by atoms with Gasteiger partial charge in [-0.15, -0.1) is 0 Å². The summed E-state index contributed by atoms with van der Waals surface area (Å²) in [5.74, 6) is 1.26. The number of carbonyl (C=O) groups is 1. The van der Waals surface area contributed by atoms with Gasteiger partial charge in [0.15, 0.2) is 0 Å². The number of pyridine rings is 1. The number of amidine groups is 1. The van der Waals surface area contributed by atoms with E-state index in [1.165, 1.54) is 0 Å². The number of oxime groups is 1. The van der Waals surface area contributed by atoms with Crippen molar-refractivity contribution in [3.63, 3.8) is 0 Å². The number of benzene rings is 2. The van der Waals surface area contributed by atoms with Gasteiger partial charge in [-0.05, 0) is 60.9 Å². The monoisotopic (exact) mass is 544 g/mol. The molecule has 2 aliphatic rings. The maximum Gasteiger partial charge on any atom is 0.365 e. The van der Waals surface area contributed by atoms with Crippen molar-refractivity contribution < 1.29 is 9.63 Å². The van der Waals surface area contributed by atoms with Crippen LogP contribution in [0.2, 0.25) is 5.02 Å². The largest absolute Gasteiger partial charge is 0.384 e. The maximum atomic E-state index is 12.4. The number of aromatic nitrogens is 3. The minimum Gasteiger partial charge on any atom is -0.384 e. The number of piperazine rings is 1. The SMILES string of the molecule is N/C(=N\OC(=O)c1ccc2nc(Nc3cc(CN4CCN(c5ccccc5Cl)CC4)ccn3)[nH]c2c1)C1CC1. The summed E-state index contributed by atoms with van der Waals surface area (Å²) in [4.78, 5) is 34.4. The molecule has 39 heavy (non-hydrogen) atoms. The molecule has 4 aromatic rings. The van der Waals surface area contributed by atoms with Crippen LogP contribution in [0.15, 0.2) is 65.9 Å². The molecule has 1 aliphatic heterocycles. The summed E-state index contributed by atoms with van der Waals surface area (Å²) in [6.07, 6.45) is 3.77. The number of H-pyrrole nitrogens is 1. The number of imidazole rings is 1. The topological polar surface area (TPSA) is 125 Å². The van der Waals surface area contributed by atoms with Crippen LogP contribution < -0.4 is 16.0 Å². The van der Waals surface area contributed by atoms with Crippen LogP contribution in [0, 0.1) is 5.92 Å². The van der Waals surface area contributed by atoms with Crippen molar-refractivity contribution in [1.29, 1.82) is 0 Å². The fraction of sp³-hybridized carbons (Fsp3) is 0.286. The van der Waals surface area contributed by atoms with Crippen LogP contribution in [-0.4, -0.2) is 57.8 Å². The molecule has 2 aromatic carbocycles. The van der Waals surface area contributed by atoms with Crippen LogP contribution in [-0.2, 0) is 11.4 Å². The Kier molecular flexibility index (Phi) is 7.04. The van der Waals surface area contributed by atoms with Crippen molar-refractivity contribution in [1.82, 2.24) is 19.9 Å². The second kappa shape index (κ2) is 10.9. The number of nitrogens with one attached hydrogen (secondary N) is 2. The third kappa shape index (κ3) is 5.97. The zero-order valence-electron chi connectivity index (χ0n) is 21.3. The molecule has 3 heterocycles. The highest BCUT2D eigenvalue weighted by Crippen LogP contribution is 2.29. The van der Waals surface area contributed by atoms with Crippen molar-refractivity contribution in [2.75, 3.05) is 36.4 Å². The van der Waals surface area contributed by atoms with E-state index < -0.39 is 5.97 Å². The predicted octanol–water partition coefficient (Wildman–Crippen LogP) is 4.52. The van der Waals surface area contributed by atoms with Crippen molar-refractivity contribution in [2.45, 2.75) is 19.4 Å². The highest BCUT2D eigenvalue weighted by molar-refractivity contribution is 6.33. The molecular weight excluding hydrogens is 516 g/mol. The first kappa shape index (κ1) is 25.1. The Bertz CT molecular complexity index is 1530. The van der Waals surface area contributed by atoms with E-state index in [4.69, 9.17) is 22.2 Å². The fourth-order valence-electron chi connectivity index (χ4n) is 4.67. The van der Waals surface area contributed by atoms with Gasteiger partial charge in [0.1, 0.15) is 11.7 Å². The quantitative estimate of drug-likeness (QED) is 0.128. The number of para-hydroxylation sites is 1. The first-order chi connectivity index (χ1) is 19.0. The number of rotatable bonds is 8. The van der Waals surface area contributed by atoms with Crippen LogP contribution in [0.1, 0.15) is 28.8 Å². The molecule has 2 aromatic heterocycles. The zero-order chi connectivity index (χ0) is 26.8. The lowest BCUT2D eigenvalue weighted by molar-refractivity contribution is 0.0514. The molecule has 0 amide bonds. The highest BCUT2D eigenvalue weighted by atomic mass is 35.5. The van der Waals surface area contributed by atoms with Gasteiger partial charge in [-0.25, -0.2) is 14.8 Å². The predicted molar refractivity (Wildman–Crippen MR) is 152 cm³/mol. The summed E-state index contributed by atoms with van der Waals surface area (Å²) < 4.78 is 0. The molecule has 4 N–H and O–H groups in total. The maximum absolute atomic E-state index is 12.4. The Morgan fingerprint density at radius 2 is 1.95 bits per heavy atom. The molecule has 1 saturated heterocycles. The number of carbonyl (C=O) groups excluding carboxylic acids is 1. The van der Waals surface area contributed by atoms with E-state index >= 15 is 0 Å². The molecule has 200 valence electrons. The molecule has 6 rings (SSSR count). The number of anilines is 3. The summed E-state index contributed by atoms with van der Waals surface area (Å²) in [6.45, 7) is 4.57. The number of hydrogen-bond donors (Lipinski definition) is 3. The van der Waals surface area contributed by atoms with Crippen molar-refractivity contribution in [2.24, 2.45) is 16.8 Å². The van der Waals surface area contributed by atoms with Crippen molar-refractivity contribution in [3.8, 4) is 0 Å². The van der Waals surface area contributed by atoms with Gasteiger partial charge >= 0.3 is 5.97 Å². The van der Waals surface area contributed by atoms with E-state index in [0.717, 1.165) is 61.8 Å². The van der Waals surface area contributed by atoms with Crippen LogP contribution in [0.3, 0.4) is 0 Å². The minimum atomic E-state index is -0.563. The number of hydrogen-bond acceptors (Lipinski definition) is 8. The molecule has 11 heteroatoms. The van der Waals surface area contributed by atoms with Gasteiger partial charge in [-0.2, -0.15) is 0 Å². The lowest BCUT2D eigenvalue weighted by Crippen LogP contribution is -2.46. The van der Waals surface area contributed by atoms with E-state index in [0.29, 0.717) is 34.2 Å². The average Bonchev–Trinajstić information content (AvgIpc) is 3.72. The minimum absolute atomic E-state index is 0.234. The molecule has 0 bridgehead atoms. The number of halogens is 1. The van der Waals surface area contributed by atoms with Gasteiger partial charge in [0.25, 0.3) is 0 Å². The van der Waals surface area contributed by atoms with E-state index in [-0.39, 0.29) is 5.92 Å². The van der Waals surface area contributed by atoms with Crippen molar-refractivity contribution >= 4 is 51.9 Å². The van der Waals surface area contributed by atoms with Crippen LogP contribution in [0.5, 0.6) is 0 Å². The van der Waals surface area contributed by atoms with Gasteiger partial charge in [-0.3, -0.25) is 4.90 Å². The number of fused-ring (bicyclic) bond motifs is 1. The average molecular weight is 545 g/mol. The summed E-state index contributed by atoms with van der Waals surface area (Å²) >= 11 is 6.38. The Hall–Kier alpha value is -4.15. The normalized spacial score (nSPS) is 16.4. The first-order valence-electron chi connectivity index (χ1n) is 13.0. The Balaban J connectivity index is 1.07. The summed E-state index contributed by atoms with van der Waals surface area (Å²) in [6, 6.07) is 17.1. The van der Waals surface area contributed by atoms with Gasteiger partial charge in [0, 0.05) is 44.8 Å². The summed E-state index contributed by atoms with van der Waals surface area (Å²) in [5.41, 5.74) is 9.82. The zero-order valence-corrected chi connectivity index (χ0v) is 22.1. The lowest BCUT2D eigenvalue weighted by Gasteiger charge is -2.36. The molecule has 10 nitrogen and oxygen atoms in total. The standard InChI is InChI=1S/C28H29ClN8O2/c29-21-3-1-2-4-24(21)37-13-11-36(12-14-37)17-18-9-10-31-25(15-18)34-28-32-22-8-7-20(16-23(22)33-28)27(38)39-35-26(30)19-5-6-19/h1-4,7-10,15-16,19H,5-6,11-14,17H2,(H2,30,35)(H2,31,32,33,34). The van der Waals surface area contributed by atoms with Crippen LogP contribution >= 0.6 is 11.6 Å². The van der Waals surface area contributed by atoms with E-state index in [9.17, 15) is 4.79 Å². The van der Waals surface area contributed by atoms with E-state index in [1.54, 1.807) is 24.4 Å².